The van der Waals surface area contributed by atoms with E-state index in [1.165, 1.54) is 7.11 Å². The lowest BCUT2D eigenvalue weighted by molar-refractivity contribution is -0.116. The van der Waals surface area contributed by atoms with Gasteiger partial charge < -0.3 is 24.7 Å². The van der Waals surface area contributed by atoms with Gasteiger partial charge in [-0.3, -0.25) is 9.78 Å². The number of esters is 1. The van der Waals surface area contributed by atoms with E-state index in [1.807, 2.05) is 78.6 Å². The van der Waals surface area contributed by atoms with Crippen molar-refractivity contribution in [2.24, 2.45) is 0 Å². The van der Waals surface area contributed by atoms with E-state index in [-0.39, 0.29) is 24.4 Å². The van der Waals surface area contributed by atoms with E-state index in [4.69, 9.17) is 21.4 Å². The van der Waals surface area contributed by atoms with E-state index in [9.17, 15) is 9.59 Å². The topological polar surface area (TPSA) is 96.7 Å². The van der Waals surface area contributed by atoms with Crippen LogP contribution in [0.3, 0.4) is 0 Å². The number of methoxy groups -OCH3 is 1. The minimum Gasteiger partial charge on any atom is -0.465 e. The number of rotatable bonds is 8. The molecular formula is C30H28N4O4S. The zero-order chi connectivity index (χ0) is 27.4. The molecule has 2 aromatic heterocycles. The Morgan fingerprint density at radius 2 is 1.90 bits per heavy atom. The zero-order valence-corrected chi connectivity index (χ0v) is 22.4. The standard InChI is InChI=1S/C30H28N4O4S/c1-19-6-5-7-22(18-19)32-26(35)15-17-34-28(27(33-30(34)39)23-8-3-4-16-31-23)25-14-13-24(38-25)20-9-11-21(12-10-20)29(36)37-2/h3-14,16,18,27-28H,15,17H2,1-2H3,(H,32,35)(H,33,39)/t27-,28+/m1/s1. The molecule has 8 nitrogen and oxygen atoms in total. The first-order valence-corrected chi connectivity index (χ1v) is 13.0. The highest BCUT2D eigenvalue weighted by Gasteiger charge is 2.41. The van der Waals surface area contributed by atoms with Crippen LogP contribution in [0.2, 0.25) is 0 Å². The fraction of sp³-hybridized carbons (Fsp3) is 0.200. The molecule has 4 aromatic rings. The van der Waals surface area contributed by atoms with Crippen LogP contribution < -0.4 is 10.6 Å². The number of hydrogen-bond donors (Lipinski definition) is 2. The molecule has 1 fully saturated rings. The fourth-order valence-corrected chi connectivity index (χ4v) is 5.01. The lowest BCUT2D eigenvalue weighted by Crippen LogP contribution is -2.32. The zero-order valence-electron chi connectivity index (χ0n) is 21.6. The van der Waals surface area contributed by atoms with Crippen LogP contribution in [-0.4, -0.2) is 40.5 Å². The summed E-state index contributed by atoms with van der Waals surface area (Å²) in [6, 6.07) is 23.7. The van der Waals surface area contributed by atoms with E-state index in [2.05, 4.69) is 15.6 Å². The number of anilines is 1. The number of benzene rings is 2. The summed E-state index contributed by atoms with van der Waals surface area (Å²) in [4.78, 5) is 31.1. The number of pyridine rings is 1. The first-order chi connectivity index (χ1) is 18.9. The monoisotopic (exact) mass is 540 g/mol. The Morgan fingerprint density at radius 3 is 2.62 bits per heavy atom. The summed E-state index contributed by atoms with van der Waals surface area (Å²) in [6.45, 7) is 2.37. The number of thiocarbonyl (C=S) groups is 1. The first-order valence-electron chi connectivity index (χ1n) is 12.6. The summed E-state index contributed by atoms with van der Waals surface area (Å²) >= 11 is 5.71. The number of nitrogens with one attached hydrogen (secondary N) is 2. The molecular weight excluding hydrogens is 512 g/mol. The Kier molecular flexibility index (Phi) is 7.69. The van der Waals surface area contributed by atoms with Gasteiger partial charge in [-0.15, -0.1) is 0 Å². The van der Waals surface area contributed by atoms with Gasteiger partial charge in [-0.1, -0.05) is 30.3 Å². The summed E-state index contributed by atoms with van der Waals surface area (Å²) in [5, 5.41) is 6.87. The summed E-state index contributed by atoms with van der Waals surface area (Å²) in [5.41, 5.74) is 3.94. The second kappa shape index (κ2) is 11.5. The van der Waals surface area contributed by atoms with Crippen LogP contribution in [0.25, 0.3) is 11.3 Å². The second-order valence-electron chi connectivity index (χ2n) is 9.26. The molecule has 2 N–H and O–H groups in total. The molecule has 0 spiro atoms. The van der Waals surface area contributed by atoms with Crippen molar-refractivity contribution in [3.63, 3.8) is 0 Å². The van der Waals surface area contributed by atoms with Crippen LogP contribution in [0, 0.1) is 6.92 Å². The van der Waals surface area contributed by atoms with Gasteiger partial charge in [0.15, 0.2) is 5.11 Å². The Labute approximate surface area is 232 Å². The van der Waals surface area contributed by atoms with Gasteiger partial charge in [-0.2, -0.15) is 0 Å². The Balaban J connectivity index is 1.38. The summed E-state index contributed by atoms with van der Waals surface area (Å²) in [5.74, 6) is 0.835. The molecule has 0 aliphatic carbocycles. The maximum absolute atomic E-state index is 12.8. The van der Waals surface area contributed by atoms with Crippen LogP contribution in [-0.2, 0) is 9.53 Å². The van der Waals surface area contributed by atoms with E-state index in [1.54, 1.807) is 18.3 Å². The molecule has 39 heavy (non-hydrogen) atoms. The number of carbonyl (C=O) groups is 2. The lowest BCUT2D eigenvalue weighted by Gasteiger charge is -2.25. The molecule has 0 bridgehead atoms. The predicted molar refractivity (Wildman–Crippen MR) is 152 cm³/mol. The number of nitrogens with zero attached hydrogens (tertiary/aromatic N) is 2. The lowest BCUT2D eigenvalue weighted by atomic mass is 10.0. The minimum atomic E-state index is -0.396. The van der Waals surface area contributed by atoms with Crippen LogP contribution in [0.4, 0.5) is 5.69 Å². The van der Waals surface area contributed by atoms with E-state index in [0.29, 0.717) is 28.7 Å². The number of amides is 1. The maximum atomic E-state index is 12.8. The number of carbonyl (C=O) groups excluding carboxylic acids is 2. The number of ether oxygens (including phenoxy) is 1. The molecule has 198 valence electrons. The van der Waals surface area contributed by atoms with Gasteiger partial charge in [0.1, 0.15) is 17.6 Å². The molecule has 1 saturated heterocycles. The quantitative estimate of drug-likeness (QED) is 0.225. The molecule has 9 heteroatoms. The molecule has 1 aliphatic heterocycles. The van der Waals surface area contributed by atoms with Crippen LogP contribution in [0.1, 0.15) is 45.9 Å². The maximum Gasteiger partial charge on any atom is 0.337 e. The third-order valence-electron chi connectivity index (χ3n) is 6.59. The largest absolute Gasteiger partial charge is 0.465 e. The number of hydrogen-bond acceptors (Lipinski definition) is 6. The van der Waals surface area contributed by atoms with Crippen molar-refractivity contribution in [2.45, 2.75) is 25.4 Å². The molecule has 2 aromatic carbocycles. The highest BCUT2D eigenvalue weighted by atomic mass is 32.1. The Bertz CT molecular complexity index is 1490. The van der Waals surface area contributed by atoms with Crippen molar-refractivity contribution in [2.75, 3.05) is 19.0 Å². The Hall–Kier alpha value is -4.50. The van der Waals surface area contributed by atoms with Crippen LogP contribution in [0.5, 0.6) is 0 Å². The molecule has 1 amide bonds. The molecule has 3 heterocycles. The van der Waals surface area contributed by atoms with Gasteiger partial charge in [0.2, 0.25) is 5.91 Å². The van der Waals surface area contributed by atoms with Crippen LogP contribution in [0.15, 0.2) is 89.5 Å². The normalized spacial score (nSPS) is 16.6. The summed E-state index contributed by atoms with van der Waals surface area (Å²) in [6.07, 6.45) is 1.98. The predicted octanol–water partition coefficient (Wildman–Crippen LogP) is 5.44. The third kappa shape index (κ3) is 5.83. The summed E-state index contributed by atoms with van der Waals surface area (Å²) < 4.78 is 11.1. The van der Waals surface area contributed by atoms with Gasteiger partial charge in [0, 0.05) is 30.4 Å². The highest BCUT2D eigenvalue weighted by Crippen LogP contribution is 2.40. The van der Waals surface area contributed by atoms with Crippen LogP contribution >= 0.6 is 12.2 Å². The number of aromatic nitrogens is 1. The molecule has 2 atom stereocenters. The van der Waals surface area contributed by atoms with Gasteiger partial charge in [0.05, 0.1) is 24.4 Å². The van der Waals surface area contributed by atoms with Gasteiger partial charge >= 0.3 is 5.97 Å². The van der Waals surface area contributed by atoms with Crippen molar-refractivity contribution < 1.29 is 18.7 Å². The molecule has 5 rings (SSSR count). The van der Waals surface area contributed by atoms with Crippen molar-refractivity contribution in [3.8, 4) is 11.3 Å². The van der Waals surface area contributed by atoms with Crippen molar-refractivity contribution in [3.05, 3.63) is 108 Å². The SMILES string of the molecule is COC(=O)c1ccc(-c2ccc([C@H]3[C@@H](c4ccccn4)NC(=S)N3CCC(=O)Nc3cccc(C)c3)o2)cc1. The first kappa shape index (κ1) is 26.1. The molecule has 0 saturated carbocycles. The second-order valence-corrected chi connectivity index (χ2v) is 9.65. The number of aryl methyl sites for hydroxylation is 1. The molecule has 0 radical (unpaired) electrons. The van der Waals surface area contributed by atoms with Crippen molar-refractivity contribution in [1.82, 2.24) is 15.2 Å². The molecule has 1 aliphatic rings. The van der Waals surface area contributed by atoms with Crippen molar-refractivity contribution >= 4 is 34.9 Å². The number of furan rings is 1. The molecule has 0 unspecified atom stereocenters. The third-order valence-corrected chi connectivity index (χ3v) is 6.94. The fourth-order valence-electron chi connectivity index (χ4n) is 4.68. The van der Waals surface area contributed by atoms with Gasteiger partial charge in [-0.25, -0.2) is 4.79 Å². The summed E-state index contributed by atoms with van der Waals surface area (Å²) in [7, 11) is 1.35. The van der Waals surface area contributed by atoms with Gasteiger partial charge in [-0.05, 0) is 73.2 Å². The highest BCUT2D eigenvalue weighted by molar-refractivity contribution is 7.80. The van der Waals surface area contributed by atoms with Crippen molar-refractivity contribution in [1.29, 1.82) is 0 Å². The Morgan fingerprint density at radius 1 is 1.08 bits per heavy atom. The smallest absolute Gasteiger partial charge is 0.337 e. The van der Waals surface area contributed by atoms with E-state index < -0.39 is 5.97 Å². The average molecular weight is 541 g/mol. The van der Waals surface area contributed by atoms with E-state index >= 15 is 0 Å². The minimum absolute atomic E-state index is 0.103. The van der Waals surface area contributed by atoms with E-state index in [0.717, 1.165) is 22.5 Å². The average Bonchev–Trinajstić information content (AvgIpc) is 3.56. The van der Waals surface area contributed by atoms with Gasteiger partial charge in [0.25, 0.3) is 0 Å².